The molecule has 314 valence electrons. The molecule has 8 rings (SSSR count). The molecule has 4 saturated heterocycles. The highest BCUT2D eigenvalue weighted by molar-refractivity contribution is 6.23. The number of hydrogen-bond donors (Lipinski definition) is 4. The van der Waals surface area contributed by atoms with Crippen molar-refractivity contribution in [3.8, 4) is 11.5 Å². The van der Waals surface area contributed by atoms with Crippen LogP contribution in [0, 0.1) is 6.92 Å². The number of rotatable bonds is 12. The van der Waals surface area contributed by atoms with E-state index >= 15 is 0 Å². The van der Waals surface area contributed by atoms with Gasteiger partial charge in [0.1, 0.15) is 30.0 Å². The quantitative estimate of drug-likeness (QED) is 0.152. The van der Waals surface area contributed by atoms with Crippen molar-refractivity contribution >= 4 is 40.9 Å². The predicted molar refractivity (Wildman–Crippen MR) is 223 cm³/mol. The number of piperidine rings is 1. The van der Waals surface area contributed by atoms with Crippen molar-refractivity contribution in [1.29, 1.82) is 0 Å². The van der Waals surface area contributed by atoms with Gasteiger partial charge in [-0.3, -0.25) is 39.1 Å². The topological polar surface area (TPSA) is 210 Å². The van der Waals surface area contributed by atoms with Crippen LogP contribution in [-0.2, 0) is 14.4 Å². The molecule has 3 aromatic carbocycles. The Morgan fingerprint density at radius 2 is 1.52 bits per heavy atom. The number of aryl methyl sites for hydroxylation is 1. The minimum Gasteiger partial charge on any atom is -0.492 e. The first kappa shape index (κ1) is 40.2. The van der Waals surface area contributed by atoms with Crippen LogP contribution in [0.3, 0.4) is 0 Å². The summed E-state index contributed by atoms with van der Waals surface area (Å²) in [5.41, 5.74) is 23.8. The Labute approximate surface area is 348 Å². The molecule has 60 heavy (non-hydrogen) atoms. The van der Waals surface area contributed by atoms with Gasteiger partial charge in [0.25, 0.3) is 17.7 Å². The molecule has 0 saturated carbocycles. The van der Waals surface area contributed by atoms with E-state index < -0.39 is 29.7 Å². The first-order chi connectivity index (χ1) is 28.9. The number of nitrogens with zero attached hydrogens (tertiary/aromatic N) is 5. The summed E-state index contributed by atoms with van der Waals surface area (Å²) >= 11 is 0. The molecule has 0 spiro atoms. The number of fused-ring (bicyclic) bond motifs is 3. The largest absolute Gasteiger partial charge is 0.492 e. The monoisotopic (exact) mass is 817 g/mol. The maximum atomic E-state index is 13.2. The average molecular weight is 818 g/mol. The Hall–Kier alpha value is -6.55. The summed E-state index contributed by atoms with van der Waals surface area (Å²) in [6.45, 7) is 7.00. The Balaban J connectivity index is 0.787. The number of ether oxygens (including phenoxy) is 2. The fourth-order valence-corrected chi connectivity index (χ4v) is 9.02. The van der Waals surface area contributed by atoms with Gasteiger partial charge >= 0.3 is 0 Å². The lowest BCUT2D eigenvalue weighted by molar-refractivity contribution is -0.136. The van der Waals surface area contributed by atoms with Gasteiger partial charge in [0, 0.05) is 87.3 Å². The Morgan fingerprint density at radius 1 is 0.800 bits per heavy atom. The first-order valence-electron chi connectivity index (χ1n) is 20.5. The lowest BCUT2D eigenvalue weighted by atomic mass is 10.0. The highest BCUT2D eigenvalue weighted by Crippen LogP contribution is 2.38. The Kier molecular flexibility index (Phi) is 11.4. The summed E-state index contributed by atoms with van der Waals surface area (Å²) in [6, 6.07) is 20.2. The van der Waals surface area contributed by atoms with Crippen LogP contribution in [0.4, 0.5) is 5.69 Å². The predicted octanol–water partition coefficient (Wildman–Crippen LogP) is 1.74. The van der Waals surface area contributed by atoms with Crippen LogP contribution in [0.15, 0.2) is 84.3 Å². The molecular weight excluding hydrogens is 767 g/mol. The SMILES string of the molecule is Cc1ccccc1/C(N)=C/C(=C(N)N)N1CC2CCC(C1)N2c1cccc(OCCN2CCN(C(=O)COc3ccc4c(c3)C(=O)N(C3CCC(=O)NC3=O)C4=O)CC2)c1. The number of piperazine rings is 2. The molecule has 5 amide bonds. The van der Waals surface area contributed by atoms with Crippen molar-refractivity contribution in [3.63, 3.8) is 0 Å². The van der Waals surface area contributed by atoms with Crippen molar-refractivity contribution in [2.24, 2.45) is 17.2 Å². The number of nitrogens with two attached hydrogens (primary N) is 3. The summed E-state index contributed by atoms with van der Waals surface area (Å²) in [6.07, 6.45) is 4.14. The van der Waals surface area contributed by atoms with Crippen molar-refractivity contribution in [1.82, 2.24) is 24.9 Å². The molecule has 0 radical (unpaired) electrons. The zero-order valence-electron chi connectivity index (χ0n) is 33.7. The molecule has 5 aliphatic heterocycles. The standard InChI is InChI=1S/C44H51N9O7/c1-27-5-2-3-8-33(27)36(45)23-38(41(46)47)51-24-29-9-10-30(25-51)52(29)28-6-4-7-31(21-28)59-20-19-49-15-17-50(18-16-49)40(55)26-60-32-11-12-34-35(22-32)44(58)53(43(34)57)37-13-14-39(54)48-42(37)56/h2-8,11-12,21-23,29-30,37H,9-10,13-20,24-26,45-47H2,1H3,(H,48,54,56)/b36-23-. The highest BCUT2D eigenvalue weighted by atomic mass is 16.5. The number of allylic oxidation sites excluding steroid dienone is 1. The van der Waals surface area contributed by atoms with Crippen LogP contribution in [0.1, 0.15) is 57.5 Å². The summed E-state index contributed by atoms with van der Waals surface area (Å²) in [7, 11) is 0. The van der Waals surface area contributed by atoms with E-state index in [-0.39, 0.29) is 60.1 Å². The van der Waals surface area contributed by atoms with E-state index in [1.165, 1.54) is 18.2 Å². The fraction of sp³-hybridized carbons (Fsp3) is 0.386. The first-order valence-corrected chi connectivity index (χ1v) is 20.5. The van der Waals surface area contributed by atoms with Gasteiger partial charge in [0.05, 0.1) is 16.8 Å². The van der Waals surface area contributed by atoms with Gasteiger partial charge in [-0.25, -0.2) is 0 Å². The number of carbonyl (C=O) groups excluding carboxylic acids is 5. The molecule has 0 aliphatic carbocycles. The number of carbonyl (C=O) groups is 5. The van der Waals surface area contributed by atoms with Gasteiger partial charge in [0.2, 0.25) is 11.8 Å². The van der Waals surface area contributed by atoms with Crippen molar-refractivity contribution in [2.75, 3.05) is 63.9 Å². The van der Waals surface area contributed by atoms with Crippen LogP contribution in [-0.4, -0.2) is 126 Å². The summed E-state index contributed by atoms with van der Waals surface area (Å²) in [4.78, 5) is 72.8. The smallest absolute Gasteiger partial charge is 0.262 e. The normalized spacial score (nSPS) is 21.9. The Morgan fingerprint density at radius 3 is 2.23 bits per heavy atom. The number of imide groups is 2. The van der Waals surface area contributed by atoms with E-state index in [0.717, 1.165) is 59.1 Å². The highest BCUT2D eigenvalue weighted by Gasteiger charge is 2.45. The molecular formula is C44H51N9O7. The van der Waals surface area contributed by atoms with Gasteiger partial charge in [-0.2, -0.15) is 0 Å². The minimum absolute atomic E-state index is 0.0374. The van der Waals surface area contributed by atoms with E-state index in [1.54, 1.807) is 4.90 Å². The van der Waals surface area contributed by atoms with Gasteiger partial charge < -0.3 is 41.4 Å². The van der Waals surface area contributed by atoms with E-state index in [2.05, 4.69) is 32.1 Å². The van der Waals surface area contributed by atoms with Crippen LogP contribution in [0.5, 0.6) is 11.5 Å². The van der Waals surface area contributed by atoms with Crippen LogP contribution < -0.4 is 36.9 Å². The van der Waals surface area contributed by atoms with Crippen LogP contribution in [0.25, 0.3) is 5.70 Å². The van der Waals surface area contributed by atoms with Gasteiger partial charge in [-0.15, -0.1) is 0 Å². The lowest BCUT2D eigenvalue weighted by Crippen LogP contribution is -2.54. The molecule has 3 unspecified atom stereocenters. The van der Waals surface area contributed by atoms with Crippen LogP contribution in [0.2, 0.25) is 0 Å². The third-order valence-corrected chi connectivity index (χ3v) is 12.2. The molecule has 3 aromatic rings. The molecule has 5 heterocycles. The molecule has 5 aliphatic rings. The summed E-state index contributed by atoms with van der Waals surface area (Å²) < 4.78 is 12.0. The second-order valence-electron chi connectivity index (χ2n) is 16.0. The summed E-state index contributed by atoms with van der Waals surface area (Å²) in [5.74, 6) is -1.21. The molecule has 3 atom stereocenters. The minimum atomic E-state index is -1.06. The zero-order chi connectivity index (χ0) is 42.1. The van der Waals surface area contributed by atoms with E-state index in [9.17, 15) is 24.0 Å². The Bertz CT molecular complexity index is 2250. The number of hydrogen-bond acceptors (Lipinski definition) is 13. The molecule has 0 aromatic heterocycles. The maximum absolute atomic E-state index is 13.2. The lowest BCUT2D eigenvalue weighted by Gasteiger charge is -2.44. The molecule has 2 bridgehead atoms. The van der Waals surface area contributed by atoms with Crippen LogP contribution >= 0.6 is 0 Å². The third-order valence-electron chi connectivity index (χ3n) is 12.2. The molecule has 16 heteroatoms. The second kappa shape index (κ2) is 17.0. The number of anilines is 1. The van der Waals surface area contributed by atoms with E-state index in [4.69, 9.17) is 26.7 Å². The molecule has 7 N–H and O–H groups in total. The van der Waals surface area contributed by atoms with Gasteiger partial charge in [-0.1, -0.05) is 30.3 Å². The van der Waals surface area contributed by atoms with E-state index in [0.29, 0.717) is 45.0 Å². The number of nitrogens with one attached hydrogen (secondary N) is 1. The van der Waals surface area contributed by atoms with Gasteiger partial charge in [-0.05, 0) is 68.2 Å². The average Bonchev–Trinajstić information content (AvgIpc) is 3.65. The van der Waals surface area contributed by atoms with Gasteiger partial charge in [0.15, 0.2) is 6.61 Å². The maximum Gasteiger partial charge on any atom is 0.262 e. The zero-order valence-corrected chi connectivity index (χ0v) is 33.7. The van der Waals surface area contributed by atoms with Crippen molar-refractivity contribution in [3.05, 3.63) is 107 Å². The van der Waals surface area contributed by atoms with E-state index in [1.807, 2.05) is 49.4 Å². The number of likely N-dealkylation sites (tertiary alicyclic amines) is 1. The number of amides is 5. The molecule has 16 nitrogen and oxygen atoms in total. The van der Waals surface area contributed by atoms with Crippen molar-refractivity contribution in [2.45, 2.75) is 50.7 Å². The fourth-order valence-electron chi connectivity index (χ4n) is 9.02. The number of benzene rings is 3. The molecule has 4 fully saturated rings. The third kappa shape index (κ3) is 8.19. The summed E-state index contributed by atoms with van der Waals surface area (Å²) in [5, 5.41) is 2.19. The second-order valence-corrected chi connectivity index (χ2v) is 16.0. The van der Waals surface area contributed by atoms with Crippen molar-refractivity contribution < 1.29 is 33.4 Å².